The number of hydrogen-bond acceptors (Lipinski definition) is 18. The van der Waals surface area contributed by atoms with Gasteiger partial charge in [0.25, 0.3) is 0 Å². The van der Waals surface area contributed by atoms with Crippen molar-refractivity contribution in [2.75, 3.05) is 6.61 Å². The number of carbonyl (C=O) groups excluding carboxylic acids is 9. The highest BCUT2D eigenvalue weighted by atomic mass is 16.6. The van der Waals surface area contributed by atoms with E-state index in [2.05, 4.69) is 10.6 Å². The molecule has 6 aliphatic rings. The van der Waals surface area contributed by atoms with Gasteiger partial charge >= 0.3 is 41.8 Å². The number of carboxylic acids is 1. The molecule has 4 N–H and O–H groups in total. The van der Waals surface area contributed by atoms with E-state index >= 15 is 9.59 Å². The predicted molar refractivity (Wildman–Crippen MR) is 322 cm³/mol. The third kappa shape index (κ3) is 13.3. The Morgan fingerprint density at radius 1 is 0.714 bits per heavy atom. The van der Waals surface area contributed by atoms with Crippen molar-refractivity contribution in [1.29, 1.82) is 0 Å². The zero-order chi connectivity index (χ0) is 65.2. The molecule has 1 heterocycles. The maximum absolute atomic E-state index is 16.6. The molecule has 4 bridgehead atoms. The zero-order valence-electron chi connectivity index (χ0n) is 51.8. The van der Waals surface area contributed by atoms with Gasteiger partial charge in [-0.3, -0.25) is 38.4 Å². The number of aliphatic carboxylic acids is 1. The second-order valence-corrected chi connectivity index (χ2v) is 26.0. The van der Waals surface area contributed by atoms with Gasteiger partial charge in [0.05, 0.1) is 36.3 Å². The molecule has 21 nitrogen and oxygen atoms in total. The molecule has 0 aromatic heterocycles. The first-order chi connectivity index (χ1) is 43.3. The predicted octanol–water partition coefficient (Wildman–Crippen LogP) is 7.19. The summed E-state index contributed by atoms with van der Waals surface area (Å²) in [7, 11) is 0. The van der Waals surface area contributed by atoms with E-state index in [1.807, 2.05) is 0 Å². The fourth-order valence-corrected chi connectivity index (χ4v) is 15.4. The third-order valence-electron chi connectivity index (χ3n) is 19.9. The number of rotatable bonds is 22. The average Bonchev–Trinajstić information content (AvgIpc) is 0.918. The van der Waals surface area contributed by atoms with Crippen molar-refractivity contribution in [2.24, 2.45) is 34.5 Å². The lowest BCUT2D eigenvalue weighted by molar-refractivity contribution is -0.346. The van der Waals surface area contributed by atoms with Gasteiger partial charge in [-0.15, -0.1) is 0 Å². The first-order valence-electron chi connectivity index (χ1n) is 31.1. The number of Topliss-reactive ketones (excluding diaryl/α,β-unsaturated/α-hetero) is 1. The van der Waals surface area contributed by atoms with E-state index in [0.29, 0.717) is 23.0 Å². The Morgan fingerprint density at radius 2 is 1.33 bits per heavy atom. The Hall–Kier alpha value is -8.56. The SMILES string of the molecule is CC(=O)O[C@H]1C(=O)[C@]2(C)[C@@H](OC(=O)Cc3ccccc3)C[C@H]3OC[C@@]3(OC(C)=O)[C@H]2[C@H](OC(=O)c2ccccc2)[C@]2(O)C[C@H](OC(=O)[C@H](OC(=O)Cc3ccccc3)[C@@H](NC(=O)[C@@H](CCC(=O)O)NC(=O)C[C@H]3C[C@@H]4CC[C@H]3C4)c3ccccc3)C(C)=C1C2(C)C. The van der Waals surface area contributed by atoms with Crippen LogP contribution in [0.1, 0.15) is 132 Å². The number of hydrogen-bond donors (Lipinski definition) is 4. The van der Waals surface area contributed by atoms with Crippen LogP contribution in [0, 0.1) is 34.5 Å². The first kappa shape index (κ1) is 65.4. The average molecular weight is 1250 g/mol. The number of ketones is 1. The molecule has 0 spiro atoms. The summed E-state index contributed by atoms with van der Waals surface area (Å²) >= 11 is 0. The zero-order valence-corrected chi connectivity index (χ0v) is 51.8. The molecule has 2 amide bonds. The second kappa shape index (κ2) is 26.7. The molecule has 91 heavy (non-hydrogen) atoms. The van der Waals surface area contributed by atoms with Gasteiger partial charge in [0.2, 0.25) is 17.9 Å². The fraction of sp³-hybridized carbons (Fsp3) is 0.486. The molecule has 5 fully saturated rings. The number of aliphatic hydroxyl groups is 1. The minimum Gasteiger partial charge on any atom is -0.481 e. The number of esters is 6. The molecule has 10 rings (SSSR count). The largest absolute Gasteiger partial charge is 0.481 e. The molecular weight excluding hydrogens is 1170 g/mol. The smallest absolute Gasteiger partial charge is 0.350 e. The molecular formula is C70H78N2O19. The molecule has 15 atom stereocenters. The van der Waals surface area contributed by atoms with Crippen LogP contribution in [-0.2, 0) is 89.2 Å². The van der Waals surface area contributed by atoms with Crippen LogP contribution >= 0.6 is 0 Å². The van der Waals surface area contributed by atoms with Gasteiger partial charge in [-0.2, -0.15) is 0 Å². The van der Waals surface area contributed by atoms with Crippen LogP contribution in [0.3, 0.4) is 0 Å². The Morgan fingerprint density at radius 3 is 1.89 bits per heavy atom. The lowest BCUT2D eigenvalue weighted by Gasteiger charge is -2.67. The highest BCUT2D eigenvalue weighted by Gasteiger charge is 2.79. The minimum atomic E-state index is -2.61. The highest BCUT2D eigenvalue weighted by Crippen LogP contribution is 2.65. The van der Waals surface area contributed by atoms with Crippen LogP contribution in [0.5, 0.6) is 0 Å². The van der Waals surface area contributed by atoms with Gasteiger partial charge in [-0.05, 0) is 97.3 Å². The number of ether oxygens (including phenoxy) is 7. The van der Waals surface area contributed by atoms with Crippen LogP contribution < -0.4 is 10.6 Å². The quantitative estimate of drug-likeness (QED) is 0.0344. The van der Waals surface area contributed by atoms with Gasteiger partial charge in [-0.1, -0.05) is 129 Å². The number of amides is 2. The Labute approximate surface area is 527 Å². The van der Waals surface area contributed by atoms with Gasteiger partial charge in [0, 0.05) is 44.9 Å². The number of carboxylic acid groups (broad SMARTS) is 1. The van der Waals surface area contributed by atoms with Crippen molar-refractivity contribution >= 4 is 59.4 Å². The molecule has 4 saturated carbocycles. The van der Waals surface area contributed by atoms with Crippen molar-refractivity contribution in [3.63, 3.8) is 0 Å². The van der Waals surface area contributed by atoms with Crippen LogP contribution in [0.15, 0.2) is 132 Å². The van der Waals surface area contributed by atoms with Gasteiger partial charge in [0.15, 0.2) is 17.5 Å². The molecule has 1 aliphatic heterocycles. The maximum Gasteiger partial charge on any atom is 0.350 e. The molecule has 4 aromatic rings. The molecule has 4 aromatic carbocycles. The van der Waals surface area contributed by atoms with Gasteiger partial charge < -0.3 is 54.0 Å². The molecule has 5 aliphatic carbocycles. The van der Waals surface area contributed by atoms with Crippen molar-refractivity contribution in [3.8, 4) is 0 Å². The fourth-order valence-electron chi connectivity index (χ4n) is 15.4. The maximum atomic E-state index is 16.6. The number of benzene rings is 4. The van der Waals surface area contributed by atoms with Crippen molar-refractivity contribution in [1.82, 2.24) is 10.6 Å². The Kier molecular flexibility index (Phi) is 19.2. The molecule has 21 heteroatoms. The topological polar surface area (TPSA) is 300 Å². The lowest BCUT2D eigenvalue weighted by Crippen LogP contribution is -2.82. The Bertz CT molecular complexity index is 3470. The van der Waals surface area contributed by atoms with E-state index in [1.54, 1.807) is 97.1 Å². The summed E-state index contributed by atoms with van der Waals surface area (Å²) in [4.78, 5) is 144. The van der Waals surface area contributed by atoms with E-state index in [9.17, 15) is 48.6 Å². The van der Waals surface area contributed by atoms with E-state index in [-0.39, 0.29) is 60.3 Å². The lowest BCUT2D eigenvalue weighted by atomic mass is 9.44. The van der Waals surface area contributed by atoms with E-state index in [1.165, 1.54) is 52.0 Å². The molecule has 1 saturated heterocycles. The standard InChI is InChI=1S/C70H78N2O19/c1-39-50(87-66(83)60(89-56(79)34-43-21-13-8-14-22-43)58(45-23-15-9-16-24-45)72-64(81)49(29-30-54(76)77)71-53(75)35-48-32-44-27-28-47(48)31-44)37-70(84)63(90-65(82)46-25-17-10-18-26-46)61-68(6,62(80)59(86-40(2)73)57(39)67(70,4)5)51(36-52-69(61,38-85-52)91-41(3)74)88-55(78)33-42-19-11-7-12-20-42/h7-26,44,47-52,58-61,63,84H,27-38H2,1-6H3,(H,71,75)(H,72,81)(H,76,77)/t44-,47+,48-,49-,50+,51+,52-,58+,59-,60-,61+,63+,68-,69+,70-/m1/s1. The monoisotopic (exact) mass is 1250 g/mol. The van der Waals surface area contributed by atoms with Crippen LogP contribution in [-0.4, -0.2) is 130 Å². The normalized spacial score (nSPS) is 29.3. The van der Waals surface area contributed by atoms with E-state index < -0.39 is 155 Å². The summed E-state index contributed by atoms with van der Waals surface area (Å²) in [6, 6.07) is 29.6. The number of carbonyl (C=O) groups is 10. The van der Waals surface area contributed by atoms with Crippen LogP contribution in [0.4, 0.5) is 0 Å². The van der Waals surface area contributed by atoms with Crippen molar-refractivity contribution < 1.29 is 91.3 Å². The van der Waals surface area contributed by atoms with Crippen molar-refractivity contribution in [3.05, 3.63) is 155 Å². The summed E-state index contributed by atoms with van der Waals surface area (Å²) in [6.45, 7) is 7.73. The number of fused-ring (bicyclic) bond motifs is 7. The van der Waals surface area contributed by atoms with Gasteiger partial charge in [-0.25, -0.2) is 9.59 Å². The van der Waals surface area contributed by atoms with Gasteiger partial charge in [0.1, 0.15) is 42.1 Å². The highest BCUT2D eigenvalue weighted by molar-refractivity contribution is 5.96. The summed E-state index contributed by atoms with van der Waals surface area (Å²) in [5, 5.41) is 29.9. The number of nitrogens with one attached hydrogen (secondary N) is 2. The van der Waals surface area contributed by atoms with Crippen molar-refractivity contribution in [2.45, 2.75) is 172 Å². The van der Waals surface area contributed by atoms with Crippen LogP contribution in [0.2, 0.25) is 0 Å². The van der Waals surface area contributed by atoms with E-state index in [0.717, 1.165) is 39.5 Å². The molecule has 482 valence electrons. The first-order valence-corrected chi connectivity index (χ1v) is 31.1. The summed E-state index contributed by atoms with van der Waals surface area (Å²) < 4.78 is 44.4. The minimum absolute atomic E-state index is 0.00772. The summed E-state index contributed by atoms with van der Waals surface area (Å²) in [5.74, 6) is -10.3. The Balaban J connectivity index is 1.10. The molecule has 0 radical (unpaired) electrons. The molecule has 0 unspecified atom stereocenters. The second-order valence-electron chi connectivity index (χ2n) is 26.0. The van der Waals surface area contributed by atoms with Crippen LogP contribution in [0.25, 0.3) is 0 Å². The third-order valence-corrected chi connectivity index (χ3v) is 19.9. The van der Waals surface area contributed by atoms with E-state index in [4.69, 9.17) is 33.2 Å². The summed E-state index contributed by atoms with van der Waals surface area (Å²) in [5.41, 5.74) is -7.45. The summed E-state index contributed by atoms with van der Waals surface area (Å²) in [6.07, 6.45) is -8.98.